The summed E-state index contributed by atoms with van der Waals surface area (Å²) >= 11 is 3.41. The van der Waals surface area contributed by atoms with Crippen molar-refractivity contribution in [2.24, 2.45) is 9.98 Å². The van der Waals surface area contributed by atoms with E-state index in [0.29, 0.717) is 0 Å². The third kappa shape index (κ3) is 4.14. The molecule has 0 saturated heterocycles. The van der Waals surface area contributed by atoms with Gasteiger partial charge in [-0.2, -0.15) is 4.99 Å². The summed E-state index contributed by atoms with van der Waals surface area (Å²) in [5.74, 6) is 1.10. The molecule has 0 aliphatic carbocycles. The lowest BCUT2D eigenvalue weighted by molar-refractivity contribution is 0.932. The molecule has 1 aliphatic heterocycles. The molecule has 1 aliphatic rings. The normalized spacial score (nSPS) is 14.7. The molecule has 0 bridgehead atoms. The smallest absolute Gasteiger partial charge is 0.197 e. The zero-order valence-electron chi connectivity index (χ0n) is 13.5. The average Bonchev–Trinajstić information content (AvgIpc) is 3.07. The maximum absolute atomic E-state index is 4.83. The summed E-state index contributed by atoms with van der Waals surface area (Å²) in [6, 6.07) is 20.9. The summed E-state index contributed by atoms with van der Waals surface area (Å²) < 4.78 is 2.22. The molecule has 3 nitrogen and oxygen atoms in total. The van der Waals surface area contributed by atoms with Crippen LogP contribution < -0.4 is 4.80 Å². The van der Waals surface area contributed by atoms with Crippen LogP contribution in [0.3, 0.4) is 0 Å². The quantitative estimate of drug-likeness (QED) is 0.549. The van der Waals surface area contributed by atoms with Gasteiger partial charge in [0, 0.05) is 23.4 Å². The highest BCUT2D eigenvalue weighted by atomic mass is 79.9. The van der Waals surface area contributed by atoms with Gasteiger partial charge in [0.2, 0.25) is 0 Å². The molecule has 2 heterocycles. The number of rotatable bonds is 2. The van der Waals surface area contributed by atoms with Gasteiger partial charge >= 0.3 is 0 Å². The van der Waals surface area contributed by atoms with Crippen molar-refractivity contribution in [3.05, 3.63) is 70.8 Å². The van der Waals surface area contributed by atoms with Crippen molar-refractivity contribution in [2.75, 3.05) is 12.3 Å². The highest BCUT2D eigenvalue weighted by Gasteiger charge is 2.11. The van der Waals surface area contributed by atoms with Gasteiger partial charge in [-0.3, -0.25) is 9.56 Å². The molecule has 128 valence electrons. The van der Waals surface area contributed by atoms with Crippen LogP contribution in [-0.2, 0) is 0 Å². The molecule has 25 heavy (non-hydrogen) atoms. The average molecular weight is 432 g/mol. The van der Waals surface area contributed by atoms with Crippen LogP contribution in [0, 0.1) is 0 Å². The molecule has 0 unspecified atom stereocenters. The van der Waals surface area contributed by atoms with Crippen LogP contribution >= 0.6 is 40.1 Å². The number of amidine groups is 1. The number of benzene rings is 2. The number of aromatic nitrogens is 1. The molecule has 0 spiro atoms. The topological polar surface area (TPSA) is 29.6 Å². The Balaban J connectivity index is 0.00000182. The second kappa shape index (κ2) is 8.65. The fourth-order valence-electron chi connectivity index (χ4n) is 2.62. The largest absolute Gasteiger partial charge is 0.285 e. The predicted octanol–water partition coefficient (Wildman–Crippen LogP) is 5.18. The molecule has 1 aromatic heterocycles. The number of hydrogen-bond donors (Lipinski definition) is 0. The van der Waals surface area contributed by atoms with E-state index in [1.807, 2.05) is 12.1 Å². The van der Waals surface area contributed by atoms with Gasteiger partial charge in [-0.1, -0.05) is 60.3 Å². The Morgan fingerprint density at radius 1 is 0.960 bits per heavy atom. The Morgan fingerprint density at radius 2 is 1.68 bits per heavy atom. The Kier molecular flexibility index (Phi) is 6.29. The molecule has 0 atom stereocenters. The van der Waals surface area contributed by atoms with Gasteiger partial charge in [0.15, 0.2) is 9.97 Å². The zero-order valence-corrected chi connectivity index (χ0v) is 16.9. The van der Waals surface area contributed by atoms with E-state index in [2.05, 4.69) is 63.5 Å². The molecular weight excluding hydrogens is 414 g/mol. The molecule has 0 N–H and O–H groups in total. The van der Waals surface area contributed by atoms with Crippen molar-refractivity contribution in [2.45, 2.75) is 6.42 Å². The summed E-state index contributed by atoms with van der Waals surface area (Å²) in [4.78, 5) is 10.3. The molecule has 2 aromatic carbocycles. The second-order valence-corrected chi connectivity index (χ2v) is 7.32. The van der Waals surface area contributed by atoms with E-state index < -0.39 is 0 Å². The number of hydrogen-bond acceptors (Lipinski definition) is 4. The fourth-order valence-corrected chi connectivity index (χ4v) is 4.38. The lowest BCUT2D eigenvalue weighted by Crippen LogP contribution is -2.16. The molecular formula is C19H18BrN3S2. The first kappa shape index (κ1) is 18.2. The summed E-state index contributed by atoms with van der Waals surface area (Å²) in [6.45, 7) is 0.883. The minimum absolute atomic E-state index is 0. The third-order valence-corrected chi connectivity index (χ3v) is 5.56. The molecule has 3 aromatic rings. The summed E-state index contributed by atoms with van der Waals surface area (Å²) in [6.07, 6.45) is 1.14. The van der Waals surface area contributed by atoms with E-state index in [-0.39, 0.29) is 17.0 Å². The molecule has 0 radical (unpaired) electrons. The Hall–Kier alpha value is -1.63. The van der Waals surface area contributed by atoms with Crippen molar-refractivity contribution in [1.29, 1.82) is 0 Å². The van der Waals surface area contributed by atoms with Crippen molar-refractivity contribution in [3.8, 4) is 16.9 Å². The number of halogens is 1. The first-order chi connectivity index (χ1) is 11.9. The van der Waals surface area contributed by atoms with Crippen LogP contribution in [-0.4, -0.2) is 22.0 Å². The predicted molar refractivity (Wildman–Crippen MR) is 114 cm³/mol. The highest BCUT2D eigenvalue weighted by molar-refractivity contribution is 8.93. The first-order valence-electron chi connectivity index (χ1n) is 7.95. The summed E-state index contributed by atoms with van der Waals surface area (Å²) in [7, 11) is 0. The Labute approximate surface area is 165 Å². The lowest BCUT2D eigenvalue weighted by Gasteiger charge is -2.10. The Bertz CT molecular complexity index is 915. The monoisotopic (exact) mass is 431 g/mol. The van der Waals surface area contributed by atoms with Gasteiger partial charge < -0.3 is 0 Å². The Morgan fingerprint density at radius 3 is 2.36 bits per heavy atom. The molecule has 4 rings (SSSR count). The SMILES string of the molecule is Br.c1ccc(-c2cs/c(=N\C3=NCCCS3)n2-c2ccccc2)cc1. The van der Waals surface area contributed by atoms with Gasteiger partial charge in [-0.25, -0.2) is 0 Å². The van der Waals surface area contributed by atoms with E-state index in [1.54, 1.807) is 23.1 Å². The molecule has 0 saturated carbocycles. The lowest BCUT2D eigenvalue weighted by atomic mass is 10.1. The van der Waals surface area contributed by atoms with Gasteiger partial charge in [0.1, 0.15) is 0 Å². The van der Waals surface area contributed by atoms with Crippen LogP contribution in [0.2, 0.25) is 0 Å². The van der Waals surface area contributed by atoms with Crippen molar-refractivity contribution in [1.82, 2.24) is 4.57 Å². The van der Waals surface area contributed by atoms with E-state index in [4.69, 9.17) is 4.99 Å². The van der Waals surface area contributed by atoms with Gasteiger partial charge in [0.25, 0.3) is 0 Å². The van der Waals surface area contributed by atoms with Crippen LogP contribution in [0.5, 0.6) is 0 Å². The minimum Gasteiger partial charge on any atom is -0.285 e. The van der Waals surface area contributed by atoms with E-state index >= 15 is 0 Å². The maximum Gasteiger partial charge on any atom is 0.197 e. The maximum atomic E-state index is 4.83. The third-order valence-electron chi connectivity index (χ3n) is 3.76. The highest BCUT2D eigenvalue weighted by Crippen LogP contribution is 2.23. The minimum atomic E-state index is 0. The number of aliphatic imine (C=N–C) groups is 1. The summed E-state index contributed by atoms with van der Waals surface area (Å²) in [5, 5.41) is 3.07. The number of thiazole rings is 1. The van der Waals surface area contributed by atoms with E-state index in [0.717, 1.165) is 40.1 Å². The molecule has 0 amide bonds. The fraction of sp³-hybridized carbons (Fsp3) is 0.158. The van der Waals surface area contributed by atoms with Gasteiger partial charge in [0.05, 0.1) is 5.69 Å². The van der Waals surface area contributed by atoms with Crippen LogP contribution in [0.25, 0.3) is 16.9 Å². The van der Waals surface area contributed by atoms with E-state index in [1.165, 1.54) is 5.56 Å². The number of para-hydroxylation sites is 1. The molecule has 6 heteroatoms. The number of nitrogens with zero attached hydrogens (tertiary/aromatic N) is 3. The number of thioether (sulfide) groups is 1. The second-order valence-electron chi connectivity index (χ2n) is 5.42. The van der Waals surface area contributed by atoms with Crippen molar-refractivity contribution >= 4 is 45.2 Å². The van der Waals surface area contributed by atoms with Crippen LogP contribution in [0.4, 0.5) is 0 Å². The van der Waals surface area contributed by atoms with Gasteiger partial charge in [-0.05, 0) is 24.1 Å². The zero-order chi connectivity index (χ0) is 16.2. The van der Waals surface area contributed by atoms with Crippen molar-refractivity contribution in [3.63, 3.8) is 0 Å². The van der Waals surface area contributed by atoms with Crippen LogP contribution in [0.1, 0.15) is 6.42 Å². The standard InChI is InChI=1S/C19H17N3S2.BrH/c1-3-8-15(9-4-1)17-14-24-19(21-18-20-12-7-13-23-18)22(17)16-10-5-2-6-11-16;/h1-6,8-11,14H,7,12-13H2;1H/b21-19-;. The summed E-state index contributed by atoms with van der Waals surface area (Å²) in [5.41, 5.74) is 3.47. The van der Waals surface area contributed by atoms with Crippen molar-refractivity contribution < 1.29 is 0 Å². The first-order valence-corrected chi connectivity index (χ1v) is 9.82. The molecule has 0 fully saturated rings. The van der Waals surface area contributed by atoms with Crippen LogP contribution in [0.15, 0.2) is 76.0 Å². The van der Waals surface area contributed by atoms with E-state index in [9.17, 15) is 0 Å². The van der Waals surface area contributed by atoms with Gasteiger partial charge in [-0.15, -0.1) is 28.3 Å².